The summed E-state index contributed by atoms with van der Waals surface area (Å²) in [5.41, 5.74) is 2.41. The fraction of sp³-hybridized carbons (Fsp3) is 0.536. The van der Waals surface area contributed by atoms with Gasteiger partial charge in [0.1, 0.15) is 12.2 Å². The summed E-state index contributed by atoms with van der Waals surface area (Å²) in [7, 11) is 0. The molecule has 8 atom stereocenters. The van der Waals surface area contributed by atoms with E-state index in [0.29, 0.717) is 18.3 Å². The van der Waals surface area contributed by atoms with Crippen LogP contribution in [0.3, 0.4) is 0 Å². The van der Waals surface area contributed by atoms with E-state index in [-0.39, 0.29) is 11.0 Å². The number of fused-ring (bicyclic) bond motifs is 2. The predicted molar refractivity (Wildman–Crippen MR) is 125 cm³/mol. The summed E-state index contributed by atoms with van der Waals surface area (Å²) < 4.78 is 7.03. The molecular weight excluding hydrogens is 414 g/mol. The van der Waals surface area contributed by atoms with Gasteiger partial charge in [-0.25, -0.2) is 0 Å². The number of aliphatic hydroxyl groups excluding tert-OH is 3. The number of ether oxygens (including phenoxy) is 1. The lowest BCUT2D eigenvalue weighted by Gasteiger charge is -2.55. The van der Waals surface area contributed by atoms with E-state index in [2.05, 4.69) is 48.3 Å². The van der Waals surface area contributed by atoms with Crippen molar-refractivity contribution >= 4 is 10.8 Å². The second-order valence-corrected chi connectivity index (χ2v) is 11.3. The second-order valence-electron chi connectivity index (χ2n) is 11.3. The Balaban J connectivity index is 1.31. The van der Waals surface area contributed by atoms with Crippen LogP contribution < -0.4 is 0 Å². The van der Waals surface area contributed by atoms with E-state index >= 15 is 0 Å². The van der Waals surface area contributed by atoms with Crippen LogP contribution >= 0.6 is 0 Å². The first-order valence-electron chi connectivity index (χ1n) is 12.4. The number of aromatic nitrogens is 1. The molecule has 3 N–H and O–H groups in total. The molecule has 2 saturated carbocycles. The number of rotatable bonds is 1. The molecule has 5 nitrogen and oxygen atoms in total. The number of aliphatic hydroxyl groups is 3. The molecule has 1 saturated heterocycles. The molecule has 1 unspecified atom stereocenters. The van der Waals surface area contributed by atoms with Crippen molar-refractivity contribution in [2.45, 2.75) is 80.9 Å². The zero-order valence-corrected chi connectivity index (χ0v) is 18.9. The van der Waals surface area contributed by atoms with E-state index in [1.807, 2.05) is 12.4 Å². The number of allylic oxidation sites excluding steroid dienone is 1. The minimum Gasteiger partial charge on any atom is -0.390 e. The maximum absolute atomic E-state index is 10.8. The van der Waals surface area contributed by atoms with E-state index in [4.69, 9.17) is 4.74 Å². The van der Waals surface area contributed by atoms with E-state index < -0.39 is 23.9 Å². The molecular formula is C28H31NO4. The Morgan fingerprint density at radius 3 is 2.82 bits per heavy atom. The molecule has 7 rings (SSSR count). The van der Waals surface area contributed by atoms with Crippen molar-refractivity contribution in [1.82, 2.24) is 4.98 Å². The Bertz CT molecular complexity index is 1220. The van der Waals surface area contributed by atoms with Crippen LogP contribution in [0.5, 0.6) is 0 Å². The first-order chi connectivity index (χ1) is 15.9. The van der Waals surface area contributed by atoms with Gasteiger partial charge in [-0.15, -0.1) is 0 Å². The van der Waals surface area contributed by atoms with Crippen LogP contribution in [-0.2, 0) is 4.74 Å². The highest BCUT2D eigenvalue weighted by Gasteiger charge is 2.68. The van der Waals surface area contributed by atoms with Crippen molar-refractivity contribution in [3.05, 3.63) is 65.5 Å². The lowest BCUT2D eigenvalue weighted by Crippen LogP contribution is -2.59. The normalized spacial score (nSPS) is 45.8. The summed E-state index contributed by atoms with van der Waals surface area (Å²) in [6.07, 6.45) is 10.3. The zero-order valence-electron chi connectivity index (χ0n) is 18.9. The van der Waals surface area contributed by atoms with Crippen molar-refractivity contribution in [2.24, 2.45) is 11.3 Å². The van der Waals surface area contributed by atoms with E-state index in [0.717, 1.165) is 37.7 Å². The van der Waals surface area contributed by atoms with Crippen molar-refractivity contribution in [2.75, 3.05) is 0 Å². The molecule has 3 aliphatic carbocycles. The third kappa shape index (κ3) is 2.49. The zero-order chi connectivity index (χ0) is 22.6. The van der Waals surface area contributed by atoms with Crippen LogP contribution in [-0.4, -0.2) is 49.8 Å². The maximum atomic E-state index is 10.8. The molecule has 2 aromatic rings. The standard InChI is InChI=1S/C28H31NO4/c1-26-8-6-19-13-21-24(31)25(32)22(30)14-27(21)9-10-28(19,33-27)23(26)5-4-20(26)17-3-2-16-7-11-29-15-18(16)12-17/h2-3,6-7,11-13,15,20,22-25,30-32H,4-5,8-10,14H2,1H3/t20-,22+,23-,24+,25+,26-,27-,28?/m1/s1. The highest BCUT2D eigenvalue weighted by molar-refractivity contribution is 5.82. The third-order valence-corrected chi connectivity index (χ3v) is 9.91. The predicted octanol–water partition coefficient (Wildman–Crippen LogP) is 3.78. The molecule has 1 aromatic heterocycles. The number of pyridine rings is 1. The van der Waals surface area contributed by atoms with Crippen molar-refractivity contribution in [1.29, 1.82) is 0 Å². The lowest BCUT2D eigenvalue weighted by molar-refractivity contribution is -0.176. The first kappa shape index (κ1) is 20.3. The van der Waals surface area contributed by atoms with Crippen LogP contribution in [0.2, 0.25) is 0 Å². The molecule has 0 amide bonds. The van der Waals surface area contributed by atoms with Gasteiger partial charge in [-0.1, -0.05) is 31.2 Å². The smallest absolute Gasteiger partial charge is 0.110 e. The number of hydrogen-bond donors (Lipinski definition) is 3. The highest BCUT2D eigenvalue weighted by atomic mass is 16.5. The highest BCUT2D eigenvalue weighted by Crippen LogP contribution is 2.69. The molecule has 1 aromatic carbocycles. The van der Waals surface area contributed by atoms with Gasteiger partial charge in [0, 0.05) is 24.2 Å². The molecule has 3 heterocycles. The van der Waals surface area contributed by atoms with Crippen molar-refractivity contribution < 1.29 is 20.1 Å². The maximum Gasteiger partial charge on any atom is 0.110 e. The lowest BCUT2D eigenvalue weighted by atomic mass is 9.58. The van der Waals surface area contributed by atoms with Gasteiger partial charge in [0.15, 0.2) is 0 Å². The molecule has 0 radical (unpaired) electrons. The average molecular weight is 446 g/mol. The van der Waals surface area contributed by atoms with Crippen LogP contribution in [0.15, 0.2) is 60.0 Å². The van der Waals surface area contributed by atoms with Crippen LogP contribution in [0.25, 0.3) is 10.8 Å². The van der Waals surface area contributed by atoms with Crippen LogP contribution in [0.1, 0.15) is 56.9 Å². The number of nitrogens with zero attached hydrogens (tertiary/aromatic N) is 1. The summed E-state index contributed by atoms with van der Waals surface area (Å²) in [6, 6.07) is 8.90. The monoisotopic (exact) mass is 445 g/mol. The fourth-order valence-corrected chi connectivity index (χ4v) is 8.30. The van der Waals surface area contributed by atoms with Gasteiger partial charge in [0.05, 0.1) is 17.3 Å². The first-order valence-corrected chi connectivity index (χ1v) is 12.4. The van der Waals surface area contributed by atoms with E-state index in [9.17, 15) is 15.3 Å². The minimum atomic E-state index is -1.15. The molecule has 33 heavy (non-hydrogen) atoms. The fourth-order valence-electron chi connectivity index (χ4n) is 8.30. The SMILES string of the molecule is C[C@]12CC=C3C=C4[C@H](O)[C@@H](O)[C@@H](O)C[C@]45CCC3(O5)[C@@H]1CC[C@@H]2c1ccc2ccncc2c1. The molecule has 3 fully saturated rings. The quantitative estimate of drug-likeness (QED) is 0.622. The minimum absolute atomic E-state index is 0.0850. The van der Waals surface area contributed by atoms with Crippen LogP contribution in [0.4, 0.5) is 0 Å². The Kier molecular flexibility index (Phi) is 4.03. The summed E-state index contributed by atoms with van der Waals surface area (Å²) in [5, 5.41) is 34.0. The Morgan fingerprint density at radius 2 is 1.94 bits per heavy atom. The van der Waals surface area contributed by atoms with Crippen molar-refractivity contribution in [3.63, 3.8) is 0 Å². The Labute approximate surface area is 193 Å². The summed E-state index contributed by atoms with van der Waals surface area (Å²) in [6.45, 7) is 2.44. The van der Waals surface area contributed by atoms with Crippen LogP contribution in [0, 0.1) is 11.3 Å². The largest absolute Gasteiger partial charge is 0.390 e. The van der Waals surface area contributed by atoms with Gasteiger partial charge < -0.3 is 20.1 Å². The molecule has 2 spiro atoms. The summed E-state index contributed by atoms with van der Waals surface area (Å²) in [4.78, 5) is 4.32. The van der Waals surface area contributed by atoms with E-state index in [1.165, 1.54) is 21.9 Å². The van der Waals surface area contributed by atoms with Crippen molar-refractivity contribution in [3.8, 4) is 0 Å². The van der Waals surface area contributed by atoms with Gasteiger partial charge >= 0.3 is 0 Å². The molecule has 172 valence electrons. The molecule has 2 bridgehead atoms. The summed E-state index contributed by atoms with van der Waals surface area (Å²) in [5.74, 6) is 0.840. The molecule has 5 heteroatoms. The third-order valence-electron chi connectivity index (χ3n) is 9.91. The number of hydrogen-bond acceptors (Lipinski definition) is 5. The van der Waals surface area contributed by atoms with Gasteiger partial charge in [0.25, 0.3) is 0 Å². The number of benzene rings is 1. The van der Waals surface area contributed by atoms with Gasteiger partial charge in [-0.05, 0) is 83.6 Å². The molecule has 5 aliphatic rings. The second kappa shape index (κ2) is 6.54. The summed E-state index contributed by atoms with van der Waals surface area (Å²) >= 11 is 0. The van der Waals surface area contributed by atoms with E-state index in [1.54, 1.807) is 0 Å². The van der Waals surface area contributed by atoms with Gasteiger partial charge in [-0.2, -0.15) is 0 Å². The Morgan fingerprint density at radius 1 is 1.06 bits per heavy atom. The topological polar surface area (TPSA) is 82.8 Å². The average Bonchev–Trinajstić information content (AvgIpc) is 3.33. The molecule has 2 aliphatic heterocycles. The van der Waals surface area contributed by atoms with Gasteiger partial charge in [0.2, 0.25) is 0 Å². The Hall–Kier alpha value is -2.05. The van der Waals surface area contributed by atoms with Gasteiger partial charge in [-0.3, -0.25) is 4.98 Å².